The average molecular weight is 398 g/mol. The highest BCUT2D eigenvalue weighted by molar-refractivity contribution is 6.83. The number of carbonyl (C=O) groups excluding carboxylic acids is 1. The molecule has 0 unspecified atom stereocenters. The fourth-order valence-electron chi connectivity index (χ4n) is 0.499. The smallest absolute Gasteiger partial charge is 0.278 e. The molecule has 96 valence electrons. The van der Waals surface area contributed by atoms with Crippen molar-refractivity contribution < 1.29 is 13.6 Å². The van der Waals surface area contributed by atoms with Gasteiger partial charge in [0.15, 0.2) is 0 Å². The highest BCUT2D eigenvalue weighted by atomic mass is 35.6. The number of carbonyl (C=O) groups is 1. The third-order valence-corrected chi connectivity index (χ3v) is 4.92. The van der Waals surface area contributed by atoms with Crippen LogP contribution in [-0.4, -0.2) is 23.6 Å². The second-order valence-electron chi connectivity index (χ2n) is 2.49. The van der Waals surface area contributed by atoms with Crippen LogP contribution in [0.4, 0.5) is 8.78 Å². The van der Waals surface area contributed by atoms with Crippen LogP contribution in [0, 0.1) is 0 Å². The molecule has 11 heteroatoms. The van der Waals surface area contributed by atoms with E-state index < -0.39 is 23.6 Å². The lowest BCUT2D eigenvalue weighted by atomic mass is 10.2. The third-order valence-electron chi connectivity index (χ3n) is 1.39. The summed E-state index contributed by atoms with van der Waals surface area (Å²) < 4.78 is 17.3. The highest BCUT2D eigenvalue weighted by Gasteiger charge is 2.73. The van der Waals surface area contributed by atoms with Crippen LogP contribution in [0.3, 0.4) is 0 Å². The van der Waals surface area contributed by atoms with Crippen molar-refractivity contribution in [2.45, 2.75) is 18.4 Å². The second-order valence-corrected chi connectivity index (χ2v) is 7.77. The summed E-state index contributed by atoms with van der Waals surface area (Å²) in [6.45, 7) is 0. The Balaban J connectivity index is 5.62. The maximum Gasteiger partial charge on any atom is 0.329 e. The van der Waals surface area contributed by atoms with Gasteiger partial charge >= 0.3 is 5.92 Å². The molecule has 0 rings (SSSR count). The lowest BCUT2D eigenvalue weighted by Crippen LogP contribution is -2.59. The molecule has 0 aliphatic heterocycles. The molecule has 0 aromatic carbocycles. The SMILES string of the molecule is O=C(Cl)C(Cl)(Cl)C(Cl)(Cl)C(F)(F)C(Cl)(Cl)Cl. The topological polar surface area (TPSA) is 17.1 Å². The summed E-state index contributed by atoms with van der Waals surface area (Å²) in [6, 6.07) is 0. The van der Waals surface area contributed by atoms with Gasteiger partial charge in [0.2, 0.25) is 8.67 Å². The van der Waals surface area contributed by atoms with E-state index >= 15 is 0 Å². The summed E-state index contributed by atoms with van der Waals surface area (Å²) in [5.41, 5.74) is 0. The minimum absolute atomic E-state index is 1.64. The molecule has 16 heavy (non-hydrogen) atoms. The Bertz CT molecular complexity index is 295. The van der Waals surface area contributed by atoms with Gasteiger partial charge in [-0.15, -0.1) is 0 Å². The molecule has 0 aliphatic rings. The molecule has 0 heterocycles. The van der Waals surface area contributed by atoms with Crippen LogP contribution in [0.2, 0.25) is 0 Å². The molecule has 0 amide bonds. The van der Waals surface area contributed by atoms with Crippen molar-refractivity contribution in [2.75, 3.05) is 0 Å². The minimum atomic E-state index is -4.44. The fraction of sp³-hybridized carbons (Fsp3) is 0.800. The Kier molecular flexibility index (Phi) is 5.67. The normalized spacial score (nSPS) is 15.1. The van der Waals surface area contributed by atoms with Gasteiger partial charge in [0.25, 0.3) is 9.03 Å². The lowest BCUT2D eigenvalue weighted by Gasteiger charge is -2.39. The number of hydrogen-bond acceptors (Lipinski definition) is 1. The quantitative estimate of drug-likeness (QED) is 0.478. The zero-order chi connectivity index (χ0) is 13.6. The van der Waals surface area contributed by atoms with E-state index in [-0.39, 0.29) is 0 Å². The van der Waals surface area contributed by atoms with E-state index in [0.717, 1.165) is 0 Å². The molecule has 0 radical (unpaired) electrons. The van der Waals surface area contributed by atoms with Crippen molar-refractivity contribution in [3.05, 3.63) is 0 Å². The van der Waals surface area contributed by atoms with Crippen molar-refractivity contribution in [3.8, 4) is 0 Å². The number of alkyl halides is 9. The van der Waals surface area contributed by atoms with E-state index in [1.54, 1.807) is 0 Å². The molecular weight excluding hydrogens is 398 g/mol. The van der Waals surface area contributed by atoms with E-state index in [9.17, 15) is 13.6 Å². The van der Waals surface area contributed by atoms with Gasteiger partial charge in [-0.2, -0.15) is 8.78 Å². The Morgan fingerprint density at radius 3 is 1.38 bits per heavy atom. The first-order valence-corrected chi connectivity index (χ1v) is 6.12. The molecule has 0 aromatic heterocycles. The second kappa shape index (κ2) is 5.09. The van der Waals surface area contributed by atoms with Gasteiger partial charge in [-0.05, 0) is 11.6 Å². The summed E-state index contributed by atoms with van der Waals surface area (Å²) in [4.78, 5) is 10.8. The average Bonchev–Trinajstić information content (AvgIpc) is 2.00. The van der Waals surface area contributed by atoms with Crippen LogP contribution < -0.4 is 0 Å². The van der Waals surface area contributed by atoms with E-state index in [4.69, 9.17) is 92.8 Å². The summed E-state index contributed by atoms with van der Waals surface area (Å²) in [5.74, 6) is -4.44. The van der Waals surface area contributed by atoms with E-state index in [2.05, 4.69) is 0 Å². The van der Waals surface area contributed by atoms with E-state index in [1.807, 2.05) is 0 Å². The Morgan fingerprint density at radius 2 is 1.19 bits per heavy atom. The van der Waals surface area contributed by atoms with Gasteiger partial charge in [0.1, 0.15) is 0 Å². The van der Waals surface area contributed by atoms with Crippen molar-refractivity contribution in [3.63, 3.8) is 0 Å². The van der Waals surface area contributed by atoms with Crippen LogP contribution in [0.5, 0.6) is 0 Å². The molecule has 0 spiro atoms. The molecule has 0 aliphatic carbocycles. The monoisotopic (exact) mass is 394 g/mol. The maximum atomic E-state index is 13.5. The summed E-state index contributed by atoms with van der Waals surface area (Å²) in [5, 5.41) is -1.64. The third kappa shape index (κ3) is 2.88. The molecule has 0 aromatic rings. The Labute approximate surface area is 129 Å². The summed E-state index contributed by atoms with van der Waals surface area (Å²) in [7, 11) is 0. The zero-order valence-corrected chi connectivity index (χ0v) is 12.7. The van der Waals surface area contributed by atoms with E-state index in [1.165, 1.54) is 0 Å². The van der Waals surface area contributed by atoms with Crippen LogP contribution >= 0.6 is 92.8 Å². The molecule has 0 N–H and O–H groups in total. The predicted octanol–water partition coefficient (Wildman–Crippen LogP) is 5.11. The highest BCUT2D eigenvalue weighted by Crippen LogP contribution is 2.60. The number of hydrogen-bond donors (Lipinski definition) is 0. The Hall–Kier alpha value is 1.85. The Morgan fingerprint density at radius 1 is 0.875 bits per heavy atom. The predicted molar refractivity (Wildman–Crippen MR) is 65.0 cm³/mol. The van der Waals surface area contributed by atoms with Crippen LogP contribution in [0.15, 0.2) is 0 Å². The maximum absolute atomic E-state index is 13.5. The minimum Gasteiger partial charge on any atom is -0.278 e. The van der Waals surface area contributed by atoms with Crippen LogP contribution in [-0.2, 0) is 4.79 Å². The van der Waals surface area contributed by atoms with Crippen molar-refractivity contribution in [2.24, 2.45) is 0 Å². The first-order chi connectivity index (χ1) is 6.69. The largest absolute Gasteiger partial charge is 0.329 e. The summed E-state index contributed by atoms with van der Waals surface area (Å²) in [6.07, 6.45) is 0. The molecule has 1 nitrogen and oxygen atoms in total. The zero-order valence-electron chi connectivity index (χ0n) is 6.69. The van der Waals surface area contributed by atoms with Crippen LogP contribution in [0.25, 0.3) is 0 Å². The summed E-state index contributed by atoms with van der Waals surface area (Å²) >= 11 is 40.6. The van der Waals surface area contributed by atoms with Gasteiger partial charge in [-0.1, -0.05) is 81.2 Å². The standard InChI is InChI=1S/C5Cl8F2O/c6-1(16)2(7,8)3(9,10)4(14,15)5(11,12)13. The molecule has 0 fully saturated rings. The number of rotatable bonds is 3. The van der Waals surface area contributed by atoms with Crippen molar-refractivity contribution >= 4 is 98.0 Å². The van der Waals surface area contributed by atoms with Crippen LogP contribution in [0.1, 0.15) is 0 Å². The van der Waals surface area contributed by atoms with Crippen molar-refractivity contribution in [1.29, 1.82) is 0 Å². The van der Waals surface area contributed by atoms with Gasteiger partial charge in [0, 0.05) is 0 Å². The van der Waals surface area contributed by atoms with Gasteiger partial charge < -0.3 is 0 Å². The van der Waals surface area contributed by atoms with Gasteiger partial charge in [0.05, 0.1) is 0 Å². The van der Waals surface area contributed by atoms with Gasteiger partial charge in [-0.25, -0.2) is 0 Å². The molecular formula is C5Cl8F2O. The molecule has 0 bridgehead atoms. The fourth-order valence-corrected chi connectivity index (χ4v) is 2.14. The van der Waals surface area contributed by atoms with Crippen molar-refractivity contribution in [1.82, 2.24) is 0 Å². The molecule has 0 saturated carbocycles. The lowest BCUT2D eigenvalue weighted by molar-refractivity contribution is -0.115. The first-order valence-electron chi connectivity index (χ1n) is 3.09. The van der Waals surface area contributed by atoms with Gasteiger partial charge in [-0.3, -0.25) is 4.79 Å². The first kappa shape index (κ1) is 17.8. The number of halogens is 10. The molecule has 0 atom stereocenters. The molecule has 0 saturated heterocycles. The van der Waals surface area contributed by atoms with E-state index in [0.29, 0.717) is 0 Å².